The molecule has 26 heavy (non-hydrogen) atoms. The van der Waals surface area contributed by atoms with Gasteiger partial charge in [-0.05, 0) is 48.4 Å². The Morgan fingerprint density at radius 2 is 1.81 bits per heavy atom. The molecule has 1 saturated carbocycles. The second-order valence-electron chi connectivity index (χ2n) is 6.57. The van der Waals surface area contributed by atoms with Crippen molar-refractivity contribution in [3.63, 3.8) is 0 Å². The normalized spacial score (nSPS) is 14.4. The highest BCUT2D eigenvalue weighted by Crippen LogP contribution is 2.40. The monoisotopic (exact) mass is 354 g/mol. The summed E-state index contributed by atoms with van der Waals surface area (Å²) in [6, 6.07) is 16.0. The molecule has 2 amide bonds. The van der Waals surface area contributed by atoms with E-state index in [9.17, 15) is 4.79 Å². The van der Waals surface area contributed by atoms with Crippen molar-refractivity contribution in [2.75, 3.05) is 20.8 Å². The van der Waals surface area contributed by atoms with Crippen LogP contribution in [0.15, 0.2) is 48.5 Å². The summed E-state index contributed by atoms with van der Waals surface area (Å²) in [4.78, 5) is 12.3. The third-order valence-corrected chi connectivity index (χ3v) is 4.69. The molecule has 138 valence electrons. The number of urea groups is 1. The first-order valence-electron chi connectivity index (χ1n) is 9.01. The maximum absolute atomic E-state index is 12.3. The van der Waals surface area contributed by atoms with Gasteiger partial charge in [-0.2, -0.15) is 0 Å². The molecule has 0 heterocycles. The number of hydrogen-bond donors (Lipinski definition) is 2. The molecule has 3 rings (SSSR count). The van der Waals surface area contributed by atoms with Crippen LogP contribution in [0.4, 0.5) is 4.79 Å². The van der Waals surface area contributed by atoms with Crippen LogP contribution >= 0.6 is 0 Å². The molecule has 1 aliphatic carbocycles. The number of amides is 2. The van der Waals surface area contributed by atoms with E-state index in [0.29, 0.717) is 24.0 Å². The second-order valence-corrected chi connectivity index (χ2v) is 6.57. The molecule has 0 saturated heterocycles. The summed E-state index contributed by atoms with van der Waals surface area (Å²) in [6.45, 7) is 0.563. The molecule has 0 aliphatic heterocycles. The Bertz CT molecular complexity index is 729. The topological polar surface area (TPSA) is 59.6 Å². The standard InChI is InChI=1S/C21H26N2O3/c1-25-18-11-8-15(14-19(18)26-2)12-13-22-21(24)23-20(17-9-10-17)16-6-4-3-5-7-16/h3-8,11,14,17,20H,9-10,12-13H2,1-2H3,(H2,22,23,24)/t20-/m0/s1. The Morgan fingerprint density at radius 1 is 1.08 bits per heavy atom. The van der Waals surface area contributed by atoms with Gasteiger partial charge < -0.3 is 20.1 Å². The van der Waals surface area contributed by atoms with Crippen LogP contribution in [0.25, 0.3) is 0 Å². The van der Waals surface area contributed by atoms with Crippen LogP contribution in [0, 0.1) is 5.92 Å². The molecule has 0 radical (unpaired) electrons. The fraction of sp³-hybridized carbons (Fsp3) is 0.381. The van der Waals surface area contributed by atoms with Crippen LogP contribution in [0.5, 0.6) is 11.5 Å². The average Bonchev–Trinajstić information content (AvgIpc) is 3.51. The fourth-order valence-electron chi connectivity index (χ4n) is 3.11. The van der Waals surface area contributed by atoms with E-state index < -0.39 is 0 Å². The summed E-state index contributed by atoms with van der Waals surface area (Å²) in [5.74, 6) is 1.96. The first-order chi connectivity index (χ1) is 12.7. The van der Waals surface area contributed by atoms with Crippen molar-refractivity contribution < 1.29 is 14.3 Å². The Labute approximate surface area is 154 Å². The number of benzene rings is 2. The largest absolute Gasteiger partial charge is 0.493 e. The molecule has 2 aromatic carbocycles. The van der Waals surface area contributed by atoms with Gasteiger partial charge in [-0.15, -0.1) is 0 Å². The van der Waals surface area contributed by atoms with Crippen molar-refractivity contribution in [2.24, 2.45) is 5.92 Å². The fourth-order valence-corrected chi connectivity index (χ4v) is 3.11. The summed E-state index contributed by atoms with van der Waals surface area (Å²) in [7, 11) is 3.24. The van der Waals surface area contributed by atoms with Crippen molar-refractivity contribution in [3.8, 4) is 11.5 Å². The minimum atomic E-state index is -0.119. The predicted octanol–water partition coefficient (Wildman–Crippen LogP) is 3.70. The Hall–Kier alpha value is -2.69. The number of rotatable bonds is 8. The lowest BCUT2D eigenvalue weighted by atomic mass is 10.0. The third kappa shape index (κ3) is 4.69. The Kier molecular flexibility index (Phi) is 6.00. The Morgan fingerprint density at radius 3 is 2.46 bits per heavy atom. The smallest absolute Gasteiger partial charge is 0.315 e. The molecule has 0 aromatic heterocycles. The van der Waals surface area contributed by atoms with Gasteiger partial charge in [0.2, 0.25) is 0 Å². The van der Waals surface area contributed by atoms with E-state index in [4.69, 9.17) is 9.47 Å². The molecule has 0 spiro atoms. The highest BCUT2D eigenvalue weighted by Gasteiger charge is 2.33. The van der Waals surface area contributed by atoms with Gasteiger partial charge in [0.15, 0.2) is 11.5 Å². The van der Waals surface area contributed by atoms with E-state index in [-0.39, 0.29) is 12.1 Å². The zero-order chi connectivity index (χ0) is 18.4. The minimum Gasteiger partial charge on any atom is -0.493 e. The zero-order valence-electron chi connectivity index (χ0n) is 15.3. The SMILES string of the molecule is COc1ccc(CCNC(=O)N[C@@H](c2ccccc2)C2CC2)cc1OC. The van der Waals surface area contributed by atoms with Crippen molar-refractivity contribution in [2.45, 2.75) is 25.3 Å². The molecule has 5 nitrogen and oxygen atoms in total. The third-order valence-electron chi connectivity index (χ3n) is 4.69. The molecule has 0 bridgehead atoms. The van der Waals surface area contributed by atoms with Crippen molar-refractivity contribution in [1.82, 2.24) is 10.6 Å². The first kappa shape index (κ1) is 18.1. The van der Waals surface area contributed by atoms with E-state index in [1.165, 1.54) is 18.4 Å². The highest BCUT2D eigenvalue weighted by molar-refractivity contribution is 5.74. The quantitative estimate of drug-likeness (QED) is 0.760. The summed E-state index contributed by atoms with van der Waals surface area (Å²) < 4.78 is 10.6. The molecule has 0 unspecified atom stereocenters. The van der Waals surface area contributed by atoms with Gasteiger partial charge in [0.05, 0.1) is 20.3 Å². The van der Waals surface area contributed by atoms with Gasteiger partial charge in [-0.25, -0.2) is 4.79 Å². The van der Waals surface area contributed by atoms with Crippen LogP contribution in [0.1, 0.15) is 30.0 Å². The maximum Gasteiger partial charge on any atom is 0.315 e. The molecule has 2 aromatic rings. The number of hydrogen-bond acceptors (Lipinski definition) is 3. The van der Waals surface area contributed by atoms with E-state index >= 15 is 0 Å². The van der Waals surface area contributed by atoms with Gasteiger partial charge in [-0.3, -0.25) is 0 Å². The van der Waals surface area contributed by atoms with Crippen LogP contribution in [0.3, 0.4) is 0 Å². The van der Waals surface area contributed by atoms with E-state index in [2.05, 4.69) is 22.8 Å². The lowest BCUT2D eigenvalue weighted by Crippen LogP contribution is -2.39. The lowest BCUT2D eigenvalue weighted by molar-refractivity contribution is 0.235. The number of ether oxygens (including phenoxy) is 2. The van der Waals surface area contributed by atoms with Crippen LogP contribution in [-0.4, -0.2) is 26.8 Å². The van der Waals surface area contributed by atoms with Gasteiger partial charge >= 0.3 is 6.03 Å². The van der Waals surface area contributed by atoms with Crippen LogP contribution in [-0.2, 0) is 6.42 Å². The van der Waals surface area contributed by atoms with Crippen molar-refractivity contribution in [3.05, 3.63) is 59.7 Å². The molecule has 5 heteroatoms. The minimum absolute atomic E-state index is 0.0947. The molecule has 1 aliphatic rings. The Balaban J connectivity index is 1.51. The summed E-state index contributed by atoms with van der Waals surface area (Å²) in [5.41, 5.74) is 2.26. The number of carbonyl (C=O) groups is 1. The maximum atomic E-state index is 12.3. The average molecular weight is 354 g/mol. The van der Waals surface area contributed by atoms with Gasteiger partial charge in [0.1, 0.15) is 0 Å². The summed E-state index contributed by atoms with van der Waals surface area (Å²) in [6.07, 6.45) is 3.07. The summed E-state index contributed by atoms with van der Waals surface area (Å²) >= 11 is 0. The van der Waals surface area contributed by atoms with E-state index in [1.807, 2.05) is 36.4 Å². The first-order valence-corrected chi connectivity index (χ1v) is 9.01. The molecule has 1 atom stereocenters. The van der Waals surface area contributed by atoms with Gasteiger partial charge in [0.25, 0.3) is 0 Å². The zero-order valence-corrected chi connectivity index (χ0v) is 15.3. The van der Waals surface area contributed by atoms with Crippen LogP contribution < -0.4 is 20.1 Å². The number of carbonyl (C=O) groups excluding carboxylic acids is 1. The van der Waals surface area contributed by atoms with Crippen molar-refractivity contribution in [1.29, 1.82) is 0 Å². The van der Waals surface area contributed by atoms with E-state index in [1.54, 1.807) is 14.2 Å². The highest BCUT2D eigenvalue weighted by atomic mass is 16.5. The molecule has 2 N–H and O–H groups in total. The van der Waals surface area contributed by atoms with E-state index in [0.717, 1.165) is 12.0 Å². The summed E-state index contributed by atoms with van der Waals surface area (Å²) in [5, 5.41) is 6.09. The van der Waals surface area contributed by atoms with Crippen molar-refractivity contribution >= 4 is 6.03 Å². The molecular weight excluding hydrogens is 328 g/mol. The molecule has 1 fully saturated rings. The number of nitrogens with one attached hydrogen (secondary N) is 2. The number of methoxy groups -OCH3 is 2. The molecular formula is C21H26N2O3. The van der Waals surface area contributed by atoms with Crippen LogP contribution in [0.2, 0.25) is 0 Å². The lowest BCUT2D eigenvalue weighted by Gasteiger charge is -2.19. The second kappa shape index (κ2) is 8.61. The predicted molar refractivity (Wildman–Crippen MR) is 102 cm³/mol. The van der Waals surface area contributed by atoms with Gasteiger partial charge in [0, 0.05) is 6.54 Å². The van der Waals surface area contributed by atoms with Gasteiger partial charge in [-0.1, -0.05) is 36.4 Å².